The van der Waals surface area contributed by atoms with Gasteiger partial charge in [0.25, 0.3) is 0 Å². The topological polar surface area (TPSA) is 104 Å². The van der Waals surface area contributed by atoms with E-state index in [1.54, 1.807) is 24.5 Å². The molecule has 9 heteroatoms. The summed E-state index contributed by atoms with van der Waals surface area (Å²) < 4.78 is 4.34. The Morgan fingerprint density at radius 2 is 2.04 bits per heavy atom. The minimum Gasteiger partial charge on any atom is -0.465 e. The third-order valence-corrected chi connectivity index (χ3v) is 4.37. The standard InChI is InChI=1S/C19H22N6O2S/c1-12-7-9-20-13(10-12)15-22-17(28-24-15)23-16-14(6-5-8-21-16)25(18(26)27)11-19(2,3)4/h5-10H,11H2,1-4H3,(H,26,27)(H,21,22,23,24). The van der Waals surface area contributed by atoms with Crippen molar-refractivity contribution in [1.82, 2.24) is 19.3 Å². The van der Waals surface area contributed by atoms with Crippen LogP contribution in [0.25, 0.3) is 11.5 Å². The fourth-order valence-corrected chi connectivity index (χ4v) is 3.16. The second-order valence-corrected chi connectivity index (χ2v) is 8.32. The first-order chi connectivity index (χ1) is 13.2. The Balaban J connectivity index is 1.89. The molecule has 8 nitrogen and oxygen atoms in total. The van der Waals surface area contributed by atoms with Gasteiger partial charge in [-0.25, -0.2) is 9.78 Å². The van der Waals surface area contributed by atoms with Crippen LogP contribution in [0.15, 0.2) is 36.7 Å². The zero-order chi connectivity index (χ0) is 20.3. The normalized spacial score (nSPS) is 11.3. The Morgan fingerprint density at radius 3 is 2.71 bits per heavy atom. The first-order valence-electron chi connectivity index (χ1n) is 8.72. The fourth-order valence-electron chi connectivity index (χ4n) is 2.58. The van der Waals surface area contributed by atoms with Gasteiger partial charge >= 0.3 is 6.09 Å². The van der Waals surface area contributed by atoms with Crippen LogP contribution >= 0.6 is 11.5 Å². The van der Waals surface area contributed by atoms with Crippen LogP contribution < -0.4 is 10.2 Å². The summed E-state index contributed by atoms with van der Waals surface area (Å²) in [7, 11) is 0. The van der Waals surface area contributed by atoms with Crippen molar-refractivity contribution in [2.24, 2.45) is 5.41 Å². The number of carboxylic acid groups (broad SMARTS) is 1. The molecule has 0 aliphatic carbocycles. The van der Waals surface area contributed by atoms with E-state index in [4.69, 9.17) is 0 Å². The molecule has 28 heavy (non-hydrogen) atoms. The van der Waals surface area contributed by atoms with E-state index in [9.17, 15) is 9.90 Å². The summed E-state index contributed by atoms with van der Waals surface area (Å²) in [5, 5.41) is 13.3. The van der Waals surface area contributed by atoms with Crippen molar-refractivity contribution in [2.75, 3.05) is 16.8 Å². The number of amides is 1. The molecule has 0 saturated carbocycles. The number of hydrogen-bond acceptors (Lipinski definition) is 7. The van der Waals surface area contributed by atoms with E-state index in [0.717, 1.165) is 5.56 Å². The SMILES string of the molecule is Cc1ccnc(-c2nsc(Nc3ncccc3N(CC(C)(C)C)C(=O)O)n2)c1. The van der Waals surface area contributed by atoms with Crippen molar-refractivity contribution < 1.29 is 9.90 Å². The van der Waals surface area contributed by atoms with Crippen LogP contribution in [0.1, 0.15) is 26.3 Å². The quantitative estimate of drug-likeness (QED) is 0.648. The van der Waals surface area contributed by atoms with Crippen LogP contribution in [0.4, 0.5) is 21.4 Å². The molecule has 3 aromatic heterocycles. The number of anilines is 3. The Labute approximate surface area is 167 Å². The van der Waals surface area contributed by atoms with E-state index >= 15 is 0 Å². The van der Waals surface area contributed by atoms with Crippen LogP contribution in [0.2, 0.25) is 0 Å². The number of nitrogens with one attached hydrogen (secondary N) is 1. The molecule has 0 unspecified atom stereocenters. The lowest BCUT2D eigenvalue weighted by atomic mass is 9.96. The zero-order valence-corrected chi connectivity index (χ0v) is 17.0. The second-order valence-electron chi connectivity index (χ2n) is 7.57. The second kappa shape index (κ2) is 7.89. The van der Waals surface area contributed by atoms with Gasteiger partial charge < -0.3 is 10.4 Å². The Morgan fingerprint density at radius 1 is 1.25 bits per heavy atom. The van der Waals surface area contributed by atoms with E-state index in [2.05, 4.69) is 24.6 Å². The average Bonchev–Trinajstić information content (AvgIpc) is 3.08. The lowest BCUT2D eigenvalue weighted by molar-refractivity contribution is 0.198. The molecule has 146 valence electrons. The summed E-state index contributed by atoms with van der Waals surface area (Å²) in [6.45, 7) is 8.26. The van der Waals surface area contributed by atoms with Crippen LogP contribution in [-0.4, -0.2) is 37.1 Å². The molecule has 3 heterocycles. The predicted molar refractivity (Wildman–Crippen MR) is 110 cm³/mol. The van der Waals surface area contributed by atoms with Crippen molar-refractivity contribution in [2.45, 2.75) is 27.7 Å². The van der Waals surface area contributed by atoms with E-state index in [1.165, 1.54) is 16.4 Å². The van der Waals surface area contributed by atoms with Gasteiger partial charge in [0.1, 0.15) is 5.69 Å². The van der Waals surface area contributed by atoms with Crippen molar-refractivity contribution >= 4 is 34.3 Å². The molecular weight excluding hydrogens is 376 g/mol. The molecule has 3 rings (SSSR count). The summed E-state index contributed by atoms with van der Waals surface area (Å²) in [6, 6.07) is 7.25. The van der Waals surface area contributed by atoms with E-state index in [1.807, 2.05) is 39.8 Å². The fraction of sp³-hybridized carbons (Fsp3) is 0.316. The lowest BCUT2D eigenvalue weighted by Gasteiger charge is -2.28. The van der Waals surface area contributed by atoms with Gasteiger partial charge in [0.15, 0.2) is 11.6 Å². The first-order valence-corrected chi connectivity index (χ1v) is 9.49. The van der Waals surface area contributed by atoms with Crippen molar-refractivity contribution in [3.8, 4) is 11.5 Å². The van der Waals surface area contributed by atoms with Gasteiger partial charge in [0.05, 0.1) is 5.69 Å². The van der Waals surface area contributed by atoms with Crippen molar-refractivity contribution in [3.63, 3.8) is 0 Å². The van der Waals surface area contributed by atoms with Crippen LogP contribution in [0, 0.1) is 12.3 Å². The minimum absolute atomic E-state index is 0.210. The Bertz CT molecular complexity index is 982. The van der Waals surface area contributed by atoms with E-state index in [-0.39, 0.29) is 5.41 Å². The molecule has 0 bridgehead atoms. The maximum absolute atomic E-state index is 11.8. The molecular formula is C19H22N6O2S. The number of carbonyl (C=O) groups is 1. The summed E-state index contributed by atoms with van der Waals surface area (Å²) in [5.74, 6) is 0.924. The number of hydrogen-bond donors (Lipinski definition) is 2. The molecule has 0 aliphatic rings. The molecule has 0 fully saturated rings. The number of aryl methyl sites for hydroxylation is 1. The van der Waals surface area contributed by atoms with Gasteiger partial charge in [-0.05, 0) is 42.2 Å². The third kappa shape index (κ3) is 4.80. The third-order valence-electron chi connectivity index (χ3n) is 3.74. The monoisotopic (exact) mass is 398 g/mol. The van der Waals surface area contributed by atoms with Gasteiger partial charge in [0, 0.05) is 30.5 Å². The smallest absolute Gasteiger partial charge is 0.411 e. The highest BCUT2D eigenvalue weighted by molar-refractivity contribution is 7.09. The largest absolute Gasteiger partial charge is 0.465 e. The summed E-state index contributed by atoms with van der Waals surface area (Å²) in [5.41, 5.74) is 2.01. The van der Waals surface area contributed by atoms with Gasteiger partial charge in [-0.3, -0.25) is 9.88 Å². The van der Waals surface area contributed by atoms with Crippen LogP contribution in [0.5, 0.6) is 0 Å². The summed E-state index contributed by atoms with van der Waals surface area (Å²) in [6.07, 6.45) is 2.28. The Hall–Kier alpha value is -3.07. The van der Waals surface area contributed by atoms with Crippen molar-refractivity contribution in [3.05, 3.63) is 42.2 Å². The summed E-state index contributed by atoms with van der Waals surface area (Å²) in [4.78, 5) is 26.2. The molecule has 0 atom stereocenters. The van der Waals surface area contributed by atoms with Gasteiger partial charge in [-0.1, -0.05) is 20.8 Å². The molecule has 3 aromatic rings. The number of nitrogens with zero attached hydrogens (tertiary/aromatic N) is 5. The molecule has 0 radical (unpaired) electrons. The zero-order valence-electron chi connectivity index (χ0n) is 16.2. The van der Waals surface area contributed by atoms with Gasteiger partial charge in [0.2, 0.25) is 5.13 Å². The lowest BCUT2D eigenvalue weighted by Crippen LogP contribution is -2.37. The number of aromatic nitrogens is 4. The average molecular weight is 398 g/mol. The molecule has 0 aromatic carbocycles. The predicted octanol–water partition coefficient (Wildman–Crippen LogP) is 4.58. The van der Waals surface area contributed by atoms with Crippen LogP contribution in [0.3, 0.4) is 0 Å². The first kappa shape index (κ1) is 19.7. The van der Waals surface area contributed by atoms with Crippen molar-refractivity contribution in [1.29, 1.82) is 0 Å². The minimum atomic E-state index is -1.03. The van der Waals surface area contributed by atoms with Gasteiger partial charge in [-0.2, -0.15) is 9.36 Å². The number of rotatable bonds is 5. The van der Waals surface area contributed by atoms with Crippen LogP contribution in [-0.2, 0) is 0 Å². The number of pyridine rings is 2. The molecule has 1 amide bonds. The summed E-state index contributed by atoms with van der Waals surface area (Å²) >= 11 is 1.17. The highest BCUT2D eigenvalue weighted by atomic mass is 32.1. The molecule has 0 spiro atoms. The molecule has 0 saturated heterocycles. The highest BCUT2D eigenvalue weighted by Crippen LogP contribution is 2.30. The maximum Gasteiger partial charge on any atom is 0.411 e. The Kier molecular flexibility index (Phi) is 5.55. The highest BCUT2D eigenvalue weighted by Gasteiger charge is 2.25. The van der Waals surface area contributed by atoms with E-state index < -0.39 is 6.09 Å². The van der Waals surface area contributed by atoms with Gasteiger partial charge in [-0.15, -0.1) is 0 Å². The van der Waals surface area contributed by atoms with E-state index in [0.29, 0.717) is 34.7 Å². The molecule has 0 aliphatic heterocycles. The molecule has 2 N–H and O–H groups in total. The maximum atomic E-state index is 11.8.